The minimum Gasteiger partial charge on any atom is -0.389 e. The van der Waals surface area contributed by atoms with Gasteiger partial charge in [-0.1, -0.05) is 0 Å². The number of nitrogens with zero attached hydrogens (tertiary/aromatic N) is 2. The van der Waals surface area contributed by atoms with Crippen molar-refractivity contribution in [2.24, 2.45) is 0 Å². The first-order valence-corrected chi connectivity index (χ1v) is 5.49. The molecule has 3 heteroatoms. The highest BCUT2D eigenvalue weighted by Gasteiger charge is 2.35. The molecule has 84 valence electrons. The third-order valence-corrected chi connectivity index (χ3v) is 3.23. The molecule has 0 spiro atoms. The van der Waals surface area contributed by atoms with E-state index in [0.29, 0.717) is 6.04 Å². The van der Waals surface area contributed by atoms with E-state index in [2.05, 4.69) is 30.7 Å². The fourth-order valence-corrected chi connectivity index (χ4v) is 2.13. The summed E-state index contributed by atoms with van der Waals surface area (Å²) in [5.74, 6) is 0. The maximum Gasteiger partial charge on any atom is 0.0758 e. The molecule has 1 atom stereocenters. The Hall–Kier alpha value is -0.120. The molecule has 1 N–H and O–H groups in total. The van der Waals surface area contributed by atoms with Crippen LogP contribution in [0.5, 0.6) is 0 Å². The number of piperazine rings is 1. The van der Waals surface area contributed by atoms with Crippen LogP contribution in [-0.4, -0.2) is 59.3 Å². The van der Waals surface area contributed by atoms with Gasteiger partial charge >= 0.3 is 0 Å². The molecule has 1 aliphatic heterocycles. The summed E-state index contributed by atoms with van der Waals surface area (Å²) in [7, 11) is 2.10. The van der Waals surface area contributed by atoms with E-state index in [1.54, 1.807) is 0 Å². The smallest absolute Gasteiger partial charge is 0.0758 e. The van der Waals surface area contributed by atoms with E-state index >= 15 is 0 Å². The van der Waals surface area contributed by atoms with Crippen molar-refractivity contribution < 1.29 is 5.11 Å². The summed E-state index contributed by atoms with van der Waals surface area (Å²) in [6.07, 6.45) is 0. The number of aliphatic hydroxyl groups is 1. The van der Waals surface area contributed by atoms with Crippen molar-refractivity contribution in [3.63, 3.8) is 0 Å². The number of hydrogen-bond acceptors (Lipinski definition) is 3. The van der Waals surface area contributed by atoms with Crippen molar-refractivity contribution in [3.8, 4) is 0 Å². The second-order valence-electron chi connectivity index (χ2n) is 5.24. The van der Waals surface area contributed by atoms with Crippen LogP contribution in [0.2, 0.25) is 0 Å². The Balaban J connectivity index is 2.65. The van der Waals surface area contributed by atoms with Crippen molar-refractivity contribution in [1.29, 1.82) is 0 Å². The maximum atomic E-state index is 10.0. The van der Waals surface area contributed by atoms with Gasteiger partial charge in [-0.05, 0) is 34.7 Å². The fourth-order valence-electron chi connectivity index (χ4n) is 2.13. The lowest BCUT2D eigenvalue weighted by Gasteiger charge is -2.46. The van der Waals surface area contributed by atoms with Crippen LogP contribution in [0.25, 0.3) is 0 Å². The van der Waals surface area contributed by atoms with Gasteiger partial charge in [-0.3, -0.25) is 9.80 Å². The van der Waals surface area contributed by atoms with Gasteiger partial charge in [0.25, 0.3) is 0 Å². The normalized spacial score (nSPS) is 27.2. The zero-order chi connectivity index (χ0) is 10.9. The largest absolute Gasteiger partial charge is 0.389 e. The Kier molecular flexibility index (Phi) is 3.56. The highest BCUT2D eigenvalue weighted by molar-refractivity contribution is 4.91. The predicted molar refractivity (Wildman–Crippen MR) is 59.4 cm³/mol. The molecule has 0 aromatic carbocycles. The van der Waals surface area contributed by atoms with Gasteiger partial charge in [-0.2, -0.15) is 0 Å². The van der Waals surface area contributed by atoms with Crippen LogP contribution in [0.1, 0.15) is 27.7 Å². The third-order valence-electron chi connectivity index (χ3n) is 3.23. The second kappa shape index (κ2) is 4.17. The molecule has 0 aliphatic carbocycles. The average molecular weight is 200 g/mol. The second-order valence-corrected chi connectivity index (χ2v) is 5.24. The van der Waals surface area contributed by atoms with Crippen molar-refractivity contribution >= 4 is 0 Å². The minimum absolute atomic E-state index is 0.249. The van der Waals surface area contributed by atoms with Gasteiger partial charge in [0.15, 0.2) is 0 Å². The van der Waals surface area contributed by atoms with Crippen LogP contribution in [0.4, 0.5) is 0 Å². The van der Waals surface area contributed by atoms with E-state index in [9.17, 15) is 5.11 Å². The molecule has 1 aliphatic rings. The monoisotopic (exact) mass is 200 g/mol. The van der Waals surface area contributed by atoms with Gasteiger partial charge in [-0.25, -0.2) is 0 Å². The molecule has 0 bridgehead atoms. The first-order chi connectivity index (χ1) is 6.32. The minimum atomic E-state index is -0.609. The van der Waals surface area contributed by atoms with Gasteiger partial charge in [-0.15, -0.1) is 0 Å². The van der Waals surface area contributed by atoms with Crippen molar-refractivity contribution in [1.82, 2.24) is 9.80 Å². The van der Waals surface area contributed by atoms with E-state index in [0.717, 1.165) is 19.6 Å². The lowest BCUT2D eigenvalue weighted by molar-refractivity contribution is -0.0526. The van der Waals surface area contributed by atoms with E-state index in [-0.39, 0.29) is 6.04 Å². The van der Waals surface area contributed by atoms with Crippen molar-refractivity contribution in [3.05, 3.63) is 0 Å². The molecule has 0 amide bonds. The number of likely N-dealkylation sites (N-methyl/N-ethyl adjacent to an activating group) is 1. The molecule has 1 rings (SSSR count). The first-order valence-electron chi connectivity index (χ1n) is 5.49. The summed E-state index contributed by atoms with van der Waals surface area (Å²) >= 11 is 0. The van der Waals surface area contributed by atoms with Gasteiger partial charge in [0.2, 0.25) is 0 Å². The van der Waals surface area contributed by atoms with E-state index in [1.807, 2.05) is 13.8 Å². The van der Waals surface area contributed by atoms with Crippen LogP contribution >= 0.6 is 0 Å². The Morgan fingerprint density at radius 3 is 2.29 bits per heavy atom. The predicted octanol–water partition coefficient (Wildman–Crippen LogP) is 0.782. The molecular weight excluding hydrogens is 176 g/mol. The summed E-state index contributed by atoms with van der Waals surface area (Å²) in [5, 5.41) is 10.0. The highest BCUT2D eigenvalue weighted by Crippen LogP contribution is 2.20. The molecule has 14 heavy (non-hydrogen) atoms. The molecule has 0 unspecified atom stereocenters. The Labute approximate surface area is 87.7 Å². The summed E-state index contributed by atoms with van der Waals surface area (Å²) in [6.45, 7) is 11.4. The van der Waals surface area contributed by atoms with Crippen LogP contribution < -0.4 is 0 Å². The van der Waals surface area contributed by atoms with Crippen molar-refractivity contribution in [2.75, 3.05) is 26.7 Å². The topological polar surface area (TPSA) is 26.7 Å². The van der Waals surface area contributed by atoms with Gasteiger partial charge in [0.05, 0.1) is 11.6 Å². The van der Waals surface area contributed by atoms with E-state index in [4.69, 9.17) is 0 Å². The summed E-state index contributed by atoms with van der Waals surface area (Å²) in [6, 6.07) is 0.826. The van der Waals surface area contributed by atoms with Crippen LogP contribution in [0.3, 0.4) is 0 Å². The number of hydrogen-bond donors (Lipinski definition) is 1. The standard InChI is InChI=1S/C11H24N2O/c1-9(2)13-7-6-12(5)10(8-13)11(3,4)14/h9-10,14H,6-8H2,1-5H3/t10-/m1/s1. The first kappa shape index (κ1) is 12.0. The quantitative estimate of drug-likeness (QED) is 0.713. The molecule has 0 saturated carbocycles. The number of rotatable bonds is 2. The van der Waals surface area contributed by atoms with Gasteiger partial charge in [0.1, 0.15) is 0 Å². The lowest BCUT2D eigenvalue weighted by Crippen LogP contribution is -2.60. The van der Waals surface area contributed by atoms with Crippen LogP contribution in [0, 0.1) is 0 Å². The third kappa shape index (κ3) is 2.69. The van der Waals surface area contributed by atoms with Crippen molar-refractivity contribution in [2.45, 2.75) is 45.4 Å². The summed E-state index contributed by atoms with van der Waals surface area (Å²) < 4.78 is 0. The fraction of sp³-hybridized carbons (Fsp3) is 1.00. The van der Waals surface area contributed by atoms with Crippen LogP contribution in [-0.2, 0) is 0 Å². The van der Waals surface area contributed by atoms with E-state index in [1.165, 1.54) is 0 Å². The molecule has 1 saturated heterocycles. The SMILES string of the molecule is CC(C)N1CCN(C)[C@@H](C(C)(C)O)C1. The molecular formula is C11H24N2O. The molecule has 1 fully saturated rings. The van der Waals surface area contributed by atoms with Gasteiger partial charge < -0.3 is 5.11 Å². The zero-order valence-corrected chi connectivity index (χ0v) is 10.1. The van der Waals surface area contributed by atoms with Crippen LogP contribution in [0.15, 0.2) is 0 Å². The van der Waals surface area contributed by atoms with Gasteiger partial charge in [0, 0.05) is 25.7 Å². The lowest BCUT2D eigenvalue weighted by atomic mass is 9.95. The Morgan fingerprint density at radius 1 is 1.29 bits per heavy atom. The Bertz CT molecular complexity index is 186. The summed E-state index contributed by atoms with van der Waals surface area (Å²) in [4.78, 5) is 4.70. The molecule has 0 aromatic rings. The molecule has 3 nitrogen and oxygen atoms in total. The molecule has 1 heterocycles. The Morgan fingerprint density at radius 2 is 1.86 bits per heavy atom. The summed E-state index contributed by atoms with van der Waals surface area (Å²) in [5.41, 5.74) is -0.609. The molecule has 0 radical (unpaired) electrons. The maximum absolute atomic E-state index is 10.0. The molecule has 0 aromatic heterocycles. The zero-order valence-electron chi connectivity index (χ0n) is 10.1. The average Bonchev–Trinajstić information content (AvgIpc) is 2.02. The highest BCUT2D eigenvalue weighted by atomic mass is 16.3. The van der Waals surface area contributed by atoms with E-state index < -0.39 is 5.60 Å².